The molecular formula is C19H26N2O3S. The lowest BCUT2D eigenvalue weighted by Crippen LogP contribution is -2.24. The van der Waals surface area contributed by atoms with E-state index in [1.165, 1.54) is 11.3 Å². The summed E-state index contributed by atoms with van der Waals surface area (Å²) >= 11 is 1.43. The Hall–Kier alpha value is -1.95. The van der Waals surface area contributed by atoms with E-state index in [-0.39, 0.29) is 24.3 Å². The van der Waals surface area contributed by atoms with E-state index < -0.39 is 0 Å². The summed E-state index contributed by atoms with van der Waals surface area (Å²) in [5.74, 6) is -0.456. The van der Waals surface area contributed by atoms with Crippen LogP contribution in [0, 0.1) is 5.92 Å². The topological polar surface area (TPSA) is 60.7 Å². The van der Waals surface area contributed by atoms with Gasteiger partial charge in [-0.05, 0) is 31.9 Å². The molecule has 5 nitrogen and oxygen atoms in total. The Balaban J connectivity index is 2.44. The van der Waals surface area contributed by atoms with Crippen LogP contribution in [0.4, 0.5) is 0 Å². The van der Waals surface area contributed by atoms with Crippen LogP contribution in [0.1, 0.15) is 46.5 Å². The quantitative estimate of drug-likeness (QED) is 0.669. The normalized spacial score (nSPS) is 12.1. The lowest BCUT2D eigenvalue weighted by Gasteiger charge is -2.10. The number of para-hydroxylation sites is 1. The zero-order valence-corrected chi connectivity index (χ0v) is 16.0. The molecule has 0 saturated heterocycles. The number of carbonyl (C=O) groups excluding carboxylic acids is 2. The number of hydrogen-bond acceptors (Lipinski definition) is 4. The Morgan fingerprint density at radius 2 is 1.84 bits per heavy atom. The number of thiazole rings is 1. The van der Waals surface area contributed by atoms with E-state index in [1.54, 1.807) is 11.5 Å². The maximum Gasteiger partial charge on any atom is 0.326 e. The molecule has 1 amide bonds. The van der Waals surface area contributed by atoms with Gasteiger partial charge >= 0.3 is 5.97 Å². The van der Waals surface area contributed by atoms with Crippen molar-refractivity contribution in [3.8, 4) is 0 Å². The molecule has 0 aliphatic heterocycles. The minimum Gasteiger partial charge on any atom is -0.465 e. The van der Waals surface area contributed by atoms with Gasteiger partial charge in [-0.1, -0.05) is 50.2 Å². The monoisotopic (exact) mass is 362 g/mol. The summed E-state index contributed by atoms with van der Waals surface area (Å²) in [7, 11) is 0. The van der Waals surface area contributed by atoms with Crippen LogP contribution in [0.15, 0.2) is 29.3 Å². The van der Waals surface area contributed by atoms with Gasteiger partial charge in [0.25, 0.3) is 5.91 Å². The van der Waals surface area contributed by atoms with Gasteiger partial charge in [0.2, 0.25) is 0 Å². The highest BCUT2D eigenvalue weighted by Crippen LogP contribution is 2.18. The number of benzene rings is 1. The van der Waals surface area contributed by atoms with E-state index in [1.807, 2.05) is 24.3 Å². The fourth-order valence-electron chi connectivity index (χ4n) is 2.87. The Morgan fingerprint density at radius 3 is 2.48 bits per heavy atom. The standard InChI is InChI=1S/C19H26N2O3S/c1-4-9-14(10-5-2)18(23)20-19-21(13-17(22)24-6-3)15-11-7-8-12-16(15)25-19/h7-8,11-12,14H,4-6,9-10,13H2,1-3H3. The maximum atomic E-state index is 12.6. The van der Waals surface area contributed by atoms with E-state index in [0.717, 1.165) is 35.9 Å². The number of aromatic nitrogens is 1. The molecule has 2 rings (SSSR count). The SMILES string of the molecule is CCCC(CCC)C(=O)N=c1sc2ccccc2n1CC(=O)OCC. The molecule has 0 aliphatic carbocycles. The number of ether oxygens (including phenoxy) is 1. The Kier molecular flexibility index (Phi) is 7.37. The molecule has 0 unspecified atom stereocenters. The number of hydrogen-bond donors (Lipinski definition) is 0. The molecular weight excluding hydrogens is 336 g/mol. The van der Waals surface area contributed by atoms with Crippen molar-refractivity contribution in [2.24, 2.45) is 10.9 Å². The zero-order valence-electron chi connectivity index (χ0n) is 15.2. The molecule has 0 saturated carbocycles. The summed E-state index contributed by atoms with van der Waals surface area (Å²) < 4.78 is 7.85. The van der Waals surface area contributed by atoms with Gasteiger partial charge in [0.15, 0.2) is 4.80 Å². The smallest absolute Gasteiger partial charge is 0.326 e. The molecule has 25 heavy (non-hydrogen) atoms. The average Bonchev–Trinajstić information content (AvgIpc) is 2.92. The molecule has 0 N–H and O–H groups in total. The fourth-order valence-corrected chi connectivity index (χ4v) is 3.90. The fraction of sp³-hybridized carbons (Fsp3) is 0.526. The van der Waals surface area contributed by atoms with Crippen LogP contribution in [-0.4, -0.2) is 23.1 Å². The van der Waals surface area contributed by atoms with E-state index >= 15 is 0 Å². The first-order valence-corrected chi connectivity index (χ1v) is 9.74. The van der Waals surface area contributed by atoms with Gasteiger partial charge in [0, 0.05) is 5.92 Å². The molecule has 2 aromatic rings. The van der Waals surface area contributed by atoms with E-state index in [2.05, 4.69) is 18.8 Å². The summed E-state index contributed by atoms with van der Waals surface area (Å²) in [6.45, 7) is 6.34. The second-order valence-corrected chi connectivity index (χ2v) is 6.98. The van der Waals surface area contributed by atoms with Crippen molar-refractivity contribution in [1.82, 2.24) is 4.57 Å². The molecule has 0 bridgehead atoms. The second-order valence-electron chi connectivity index (χ2n) is 5.97. The van der Waals surface area contributed by atoms with Gasteiger partial charge in [-0.25, -0.2) is 0 Å². The number of amides is 1. The lowest BCUT2D eigenvalue weighted by atomic mass is 9.98. The highest BCUT2D eigenvalue weighted by atomic mass is 32.1. The van der Waals surface area contributed by atoms with Crippen LogP contribution >= 0.6 is 11.3 Å². The largest absolute Gasteiger partial charge is 0.465 e. The predicted octanol–water partition coefficient (Wildman–Crippen LogP) is 3.91. The van der Waals surface area contributed by atoms with Crippen LogP contribution in [-0.2, 0) is 20.9 Å². The Labute approximate surface area is 152 Å². The van der Waals surface area contributed by atoms with Gasteiger partial charge < -0.3 is 9.30 Å². The molecule has 0 fully saturated rings. The van der Waals surface area contributed by atoms with E-state index in [9.17, 15) is 9.59 Å². The molecule has 0 radical (unpaired) electrons. The average molecular weight is 362 g/mol. The first kappa shape index (κ1) is 19.4. The van der Waals surface area contributed by atoms with Crippen molar-refractivity contribution in [2.45, 2.75) is 53.0 Å². The van der Waals surface area contributed by atoms with Crippen LogP contribution in [0.2, 0.25) is 0 Å². The maximum absolute atomic E-state index is 12.6. The van der Waals surface area contributed by atoms with Crippen molar-refractivity contribution >= 4 is 33.4 Å². The van der Waals surface area contributed by atoms with Crippen molar-refractivity contribution in [3.63, 3.8) is 0 Å². The molecule has 6 heteroatoms. The summed E-state index contributed by atoms with van der Waals surface area (Å²) in [4.78, 5) is 29.6. The second kappa shape index (κ2) is 9.51. The summed E-state index contributed by atoms with van der Waals surface area (Å²) in [5.41, 5.74) is 0.898. The number of fused-ring (bicyclic) bond motifs is 1. The minimum atomic E-state index is -0.321. The van der Waals surface area contributed by atoms with E-state index in [4.69, 9.17) is 4.74 Å². The van der Waals surface area contributed by atoms with Crippen molar-refractivity contribution in [2.75, 3.05) is 6.61 Å². The van der Waals surface area contributed by atoms with Crippen molar-refractivity contribution in [3.05, 3.63) is 29.1 Å². The Morgan fingerprint density at radius 1 is 1.16 bits per heavy atom. The molecule has 0 aliphatic rings. The molecule has 1 aromatic carbocycles. The third kappa shape index (κ3) is 5.01. The van der Waals surface area contributed by atoms with Gasteiger partial charge in [-0.2, -0.15) is 4.99 Å². The summed E-state index contributed by atoms with van der Waals surface area (Å²) in [5, 5.41) is 0. The number of rotatable bonds is 8. The summed E-state index contributed by atoms with van der Waals surface area (Å²) in [6, 6.07) is 7.76. The van der Waals surface area contributed by atoms with Gasteiger partial charge in [-0.3, -0.25) is 9.59 Å². The molecule has 1 heterocycles. The third-order valence-corrected chi connectivity index (χ3v) is 5.07. The van der Waals surface area contributed by atoms with Gasteiger partial charge in [0.05, 0.1) is 16.8 Å². The van der Waals surface area contributed by atoms with Crippen LogP contribution in [0.5, 0.6) is 0 Å². The number of esters is 1. The number of nitrogens with zero attached hydrogens (tertiary/aromatic N) is 2. The summed E-state index contributed by atoms with van der Waals surface area (Å²) in [6.07, 6.45) is 3.61. The minimum absolute atomic E-state index is 0.0451. The number of carbonyl (C=O) groups is 2. The molecule has 0 atom stereocenters. The molecule has 1 aromatic heterocycles. The molecule has 136 valence electrons. The first-order chi connectivity index (χ1) is 12.1. The lowest BCUT2D eigenvalue weighted by molar-refractivity contribution is -0.143. The van der Waals surface area contributed by atoms with Gasteiger partial charge in [0.1, 0.15) is 6.54 Å². The van der Waals surface area contributed by atoms with Crippen LogP contribution in [0.25, 0.3) is 10.2 Å². The Bertz CT molecular complexity index is 785. The molecule has 0 spiro atoms. The predicted molar refractivity (Wildman–Crippen MR) is 100 cm³/mol. The highest BCUT2D eigenvalue weighted by Gasteiger charge is 2.17. The third-order valence-electron chi connectivity index (χ3n) is 4.01. The van der Waals surface area contributed by atoms with Crippen LogP contribution < -0.4 is 4.80 Å². The van der Waals surface area contributed by atoms with Gasteiger partial charge in [-0.15, -0.1) is 0 Å². The first-order valence-electron chi connectivity index (χ1n) is 8.93. The zero-order chi connectivity index (χ0) is 18.2. The van der Waals surface area contributed by atoms with E-state index in [0.29, 0.717) is 11.4 Å². The van der Waals surface area contributed by atoms with Crippen molar-refractivity contribution < 1.29 is 14.3 Å². The van der Waals surface area contributed by atoms with Crippen LogP contribution in [0.3, 0.4) is 0 Å². The highest BCUT2D eigenvalue weighted by molar-refractivity contribution is 7.16. The van der Waals surface area contributed by atoms with Crippen molar-refractivity contribution in [1.29, 1.82) is 0 Å².